The Kier molecular flexibility index (Phi) is 15.1. The smallest absolute Gasteiger partial charge is 0.168 e. The summed E-state index contributed by atoms with van der Waals surface area (Å²) in [6.07, 6.45) is 5.82. The fourth-order valence-corrected chi connectivity index (χ4v) is 25.0. The molecule has 29 rings (SSSR count). The molecule has 0 radical (unpaired) electrons. The largest absolute Gasteiger partial charge is 0.333 e. The van der Waals surface area contributed by atoms with Gasteiger partial charge < -0.3 is 18.3 Å². The minimum absolute atomic E-state index is 0.0560. The molecule has 25 aromatic rings. The van der Waals surface area contributed by atoms with Crippen molar-refractivity contribution in [3.63, 3.8) is 0 Å². The molecule has 0 N–H and O–H groups in total. The number of aromatic nitrogens is 8. The molecule has 8 heteroatoms. The highest BCUT2D eigenvalue weighted by Gasteiger charge is 2.41. The molecule has 0 fully saturated rings. The molecule has 1 atom stereocenters. The summed E-state index contributed by atoms with van der Waals surface area (Å²) in [4.78, 5) is 0. The van der Waals surface area contributed by atoms with E-state index >= 15 is 0 Å². The quantitative estimate of drug-likeness (QED) is 0.145. The predicted octanol–water partition coefficient (Wildman–Crippen LogP) is 32.1. The fourth-order valence-electron chi connectivity index (χ4n) is 25.0. The SMILES string of the molecule is CC1(C)C2=C(C=CC(n3c4ccccc4c4cc(-c5ccc6c(c5)c5ccccc5n6-c5nnc(-n6c7ccccc7c7cc(-c8ccc9c(c8)c8ccccc8n9-c8ccc9c(c8)C(C)(C)c8ccccc8-9)ccc76)c6ccc(-n7c8ccccc8c8cc(-c9ccc%10c(c9)c9ccccc9n%10-c9ccc%10c(c9)C(C)(C)c9ccccc9-%10)ccc87)cc56)ccc43)C2)c2ccccc21. The van der Waals surface area contributed by atoms with Gasteiger partial charge in [-0.25, -0.2) is 0 Å². The van der Waals surface area contributed by atoms with Crippen molar-refractivity contribution in [2.24, 2.45) is 0 Å². The minimum atomic E-state index is -0.129. The van der Waals surface area contributed by atoms with E-state index in [1.807, 2.05) is 0 Å². The molecular weight excluding hydrogens is 1610 g/mol. The Morgan fingerprint density at radius 3 is 0.917 bits per heavy atom. The van der Waals surface area contributed by atoms with Crippen LogP contribution in [-0.2, 0) is 16.2 Å². The van der Waals surface area contributed by atoms with Gasteiger partial charge >= 0.3 is 0 Å². The van der Waals surface area contributed by atoms with E-state index in [1.165, 1.54) is 165 Å². The van der Waals surface area contributed by atoms with Crippen molar-refractivity contribution in [1.82, 2.24) is 37.6 Å². The highest BCUT2D eigenvalue weighted by Crippen LogP contribution is 2.56. The topological polar surface area (TPSA) is 55.4 Å². The second-order valence-electron chi connectivity index (χ2n) is 39.1. The normalized spacial score (nSPS) is 15.2. The first-order chi connectivity index (χ1) is 65.2. The van der Waals surface area contributed by atoms with Gasteiger partial charge in [-0.1, -0.05) is 284 Å². The Bertz CT molecular complexity index is 9620. The summed E-state index contributed by atoms with van der Waals surface area (Å²) in [7, 11) is 0. The number of allylic oxidation sites excluding steroid dienone is 4. The standard InChI is InChI=1S/C125H86N8/c1-123(2)103-34-16-7-25-83(103)86-53-49-80(70-106(86)123)129-110-38-20-11-29-90(110)97-64-74(44-58-116(97)129)73-43-57-115-96(63-73)89-28-10-19-37-109(89)128(115)79-52-56-95-102(69-79)122(133-114-42-24-15-33-94(114)101-68-78(48-62-120(101)133)76-46-60-118-99(66-76)92-31-13-22-40-112(92)131(118)82-51-55-88-85-27-9-18-36-105(85)125(5,6)108(88)72-82)127-126-121(95)132-113-41-23-14-32-93(113)100-67-77(47-61-119(100)132)75-45-59-117-98(65-75)91-30-12-21-39-111(91)130(117)81-50-54-87-84-26-8-17-35-104(84)124(3,4)107(87)71-81/h7-71,82H,72H2,1-6H3. The third-order valence-corrected chi connectivity index (χ3v) is 31.3. The predicted molar refractivity (Wildman–Crippen MR) is 555 cm³/mol. The van der Waals surface area contributed by atoms with Gasteiger partial charge in [0.05, 0.1) is 61.2 Å². The Balaban J connectivity index is 0.585. The van der Waals surface area contributed by atoms with Crippen molar-refractivity contribution >= 4 is 147 Å². The highest BCUT2D eigenvalue weighted by atomic mass is 15.3. The van der Waals surface area contributed by atoms with Crippen molar-refractivity contribution in [3.05, 3.63) is 433 Å². The maximum Gasteiger partial charge on any atom is 0.168 e. The first-order valence-corrected chi connectivity index (χ1v) is 46.8. The van der Waals surface area contributed by atoms with Crippen LogP contribution in [0.1, 0.15) is 87.4 Å². The Hall–Kier alpha value is -16.4. The summed E-state index contributed by atoms with van der Waals surface area (Å²) in [5, 5.41) is 27.5. The average Bonchev–Trinajstić information content (AvgIpc) is 1.56. The van der Waals surface area contributed by atoms with Crippen molar-refractivity contribution in [2.45, 2.75) is 70.3 Å². The lowest BCUT2D eigenvalue weighted by atomic mass is 9.77. The van der Waals surface area contributed by atoms with Gasteiger partial charge in [0.1, 0.15) is 0 Å². The van der Waals surface area contributed by atoms with Crippen LogP contribution in [0.15, 0.2) is 400 Å². The van der Waals surface area contributed by atoms with Crippen LogP contribution in [0.2, 0.25) is 0 Å². The monoisotopic (exact) mass is 1700 g/mol. The summed E-state index contributed by atoms with van der Waals surface area (Å²) < 4.78 is 14.8. The lowest BCUT2D eigenvalue weighted by molar-refractivity contribution is 0.544. The van der Waals surface area contributed by atoms with E-state index < -0.39 is 0 Å². The van der Waals surface area contributed by atoms with Crippen LogP contribution in [0.5, 0.6) is 0 Å². The third-order valence-electron chi connectivity index (χ3n) is 31.3. The Morgan fingerprint density at radius 2 is 0.504 bits per heavy atom. The molecule has 4 aliphatic rings. The van der Waals surface area contributed by atoms with Gasteiger partial charge in [0.2, 0.25) is 0 Å². The minimum Gasteiger partial charge on any atom is -0.333 e. The lowest BCUT2D eigenvalue weighted by Gasteiger charge is -2.30. The number of rotatable bonds is 9. The van der Waals surface area contributed by atoms with Gasteiger partial charge in [0.15, 0.2) is 11.6 Å². The van der Waals surface area contributed by atoms with Crippen molar-refractivity contribution in [2.75, 3.05) is 0 Å². The molecule has 0 bridgehead atoms. The van der Waals surface area contributed by atoms with Crippen molar-refractivity contribution in [1.29, 1.82) is 0 Å². The number of benzene rings is 18. The molecule has 8 nitrogen and oxygen atoms in total. The van der Waals surface area contributed by atoms with E-state index in [-0.39, 0.29) is 22.3 Å². The Labute approximate surface area is 767 Å². The molecule has 0 saturated heterocycles. The molecule has 4 aliphatic carbocycles. The molecule has 7 aromatic heterocycles. The van der Waals surface area contributed by atoms with Crippen LogP contribution < -0.4 is 0 Å². The van der Waals surface area contributed by atoms with Gasteiger partial charge in [-0.05, 0) is 258 Å². The van der Waals surface area contributed by atoms with E-state index in [0.717, 1.165) is 111 Å². The van der Waals surface area contributed by atoms with Gasteiger partial charge in [0.25, 0.3) is 0 Å². The van der Waals surface area contributed by atoms with Gasteiger partial charge in [-0.3, -0.25) is 9.13 Å². The van der Waals surface area contributed by atoms with Crippen LogP contribution in [0, 0.1) is 0 Å². The molecule has 626 valence electrons. The van der Waals surface area contributed by atoms with Crippen LogP contribution in [0.4, 0.5) is 0 Å². The molecule has 18 aromatic carbocycles. The molecule has 133 heavy (non-hydrogen) atoms. The van der Waals surface area contributed by atoms with Crippen LogP contribution in [-0.4, -0.2) is 37.6 Å². The maximum absolute atomic E-state index is 5.66. The molecule has 0 aliphatic heterocycles. The fraction of sp³-hybridized carbons (Fsp3) is 0.0880. The van der Waals surface area contributed by atoms with Gasteiger partial charge in [-0.15, -0.1) is 10.2 Å². The van der Waals surface area contributed by atoms with E-state index in [4.69, 9.17) is 10.2 Å². The van der Waals surface area contributed by atoms with Crippen molar-refractivity contribution < 1.29 is 0 Å². The summed E-state index contributed by atoms with van der Waals surface area (Å²) in [6.45, 7) is 14.3. The van der Waals surface area contributed by atoms with Crippen molar-refractivity contribution in [3.8, 4) is 84.3 Å². The number of hydrogen-bond donors (Lipinski definition) is 0. The number of para-hydroxylation sites is 6. The molecule has 1 unspecified atom stereocenters. The van der Waals surface area contributed by atoms with Crippen LogP contribution >= 0.6 is 0 Å². The summed E-state index contributed by atoms with van der Waals surface area (Å²) in [5.41, 5.74) is 40.1. The van der Waals surface area contributed by atoms with Gasteiger partial charge in [-0.2, -0.15) is 0 Å². The second-order valence-corrected chi connectivity index (χ2v) is 39.1. The van der Waals surface area contributed by atoms with E-state index in [2.05, 4.69) is 463 Å². The summed E-state index contributed by atoms with van der Waals surface area (Å²) in [5.74, 6) is 1.50. The molecule has 0 amide bonds. The zero-order chi connectivity index (χ0) is 87.9. The maximum atomic E-state index is 5.66. The average molecular weight is 1700 g/mol. The van der Waals surface area contributed by atoms with Gasteiger partial charge in [0, 0.05) is 120 Å². The summed E-state index contributed by atoms with van der Waals surface area (Å²) in [6, 6.07) is 144. The molecule has 7 heterocycles. The van der Waals surface area contributed by atoms with E-state index in [1.54, 1.807) is 0 Å². The first kappa shape index (κ1) is 74.5. The second kappa shape index (κ2) is 26.9. The number of nitrogens with zero attached hydrogens (tertiary/aromatic N) is 8. The third kappa shape index (κ3) is 10.2. The number of hydrogen-bond acceptors (Lipinski definition) is 2. The zero-order valence-electron chi connectivity index (χ0n) is 74.4. The molecular formula is C125H86N8. The lowest BCUT2D eigenvalue weighted by Crippen LogP contribution is -2.21. The van der Waals surface area contributed by atoms with Crippen LogP contribution in [0.3, 0.4) is 0 Å². The Morgan fingerprint density at radius 1 is 0.218 bits per heavy atom. The molecule has 0 saturated carbocycles. The number of fused-ring (bicyclic) bond motifs is 27. The highest BCUT2D eigenvalue weighted by molar-refractivity contribution is 6.19. The first-order valence-electron chi connectivity index (χ1n) is 46.8. The van der Waals surface area contributed by atoms with E-state index in [9.17, 15) is 0 Å². The van der Waals surface area contributed by atoms with Crippen LogP contribution in [0.25, 0.3) is 232 Å². The summed E-state index contributed by atoms with van der Waals surface area (Å²) >= 11 is 0. The molecule has 0 spiro atoms. The zero-order valence-corrected chi connectivity index (χ0v) is 74.4. The van der Waals surface area contributed by atoms with E-state index in [0.29, 0.717) is 0 Å².